The normalized spacial score (nSPS) is 20.5. The topological polar surface area (TPSA) is 62.5 Å². The van der Waals surface area contributed by atoms with Crippen molar-refractivity contribution >= 4 is 17.5 Å². The molecule has 0 bridgehead atoms. The molecule has 2 saturated heterocycles. The van der Waals surface area contributed by atoms with Crippen LogP contribution in [0.3, 0.4) is 0 Å². The van der Waals surface area contributed by atoms with Gasteiger partial charge in [-0.1, -0.05) is 29.8 Å². The molecule has 3 aromatic rings. The van der Waals surface area contributed by atoms with Crippen molar-refractivity contribution in [2.24, 2.45) is 5.41 Å². The Morgan fingerprint density at radius 1 is 1.17 bits per heavy atom. The van der Waals surface area contributed by atoms with Crippen molar-refractivity contribution in [1.29, 1.82) is 0 Å². The van der Waals surface area contributed by atoms with E-state index in [1.54, 1.807) is 4.90 Å². The van der Waals surface area contributed by atoms with Crippen LogP contribution in [-0.2, 0) is 0 Å². The number of aromatic nitrogens is 2. The third-order valence-electron chi connectivity index (χ3n) is 6.00. The second-order valence-electron chi connectivity index (χ2n) is 8.24. The number of hydrogen-bond acceptors (Lipinski definition) is 5. The summed E-state index contributed by atoms with van der Waals surface area (Å²) in [6.45, 7) is 2.12. The molecule has 2 aliphatic heterocycles. The Bertz CT molecular complexity index is 1100. The van der Waals surface area contributed by atoms with Crippen LogP contribution in [0, 0.1) is 11.2 Å². The molecule has 0 saturated carbocycles. The Morgan fingerprint density at radius 2 is 1.93 bits per heavy atom. The zero-order chi connectivity index (χ0) is 20.9. The van der Waals surface area contributed by atoms with E-state index in [1.165, 1.54) is 18.2 Å². The fourth-order valence-electron chi connectivity index (χ4n) is 4.56. The van der Waals surface area contributed by atoms with Gasteiger partial charge in [0.15, 0.2) is 0 Å². The van der Waals surface area contributed by atoms with E-state index in [2.05, 4.69) is 15.1 Å². The van der Waals surface area contributed by atoms with Gasteiger partial charge in [-0.25, -0.2) is 4.39 Å². The Balaban J connectivity index is 1.27. The molecule has 8 heteroatoms. The van der Waals surface area contributed by atoms with Gasteiger partial charge in [0.2, 0.25) is 11.8 Å². The highest BCUT2D eigenvalue weighted by Crippen LogP contribution is 2.48. The molecule has 1 amide bonds. The SMILES string of the molecule is CN1CC2(CC1c1nnc(-c3ccccc3)o1)CN(C(=O)c1ccc(F)c(Cl)c1)C2. The van der Waals surface area contributed by atoms with Crippen LogP contribution in [0.1, 0.15) is 28.7 Å². The summed E-state index contributed by atoms with van der Waals surface area (Å²) in [4.78, 5) is 16.7. The zero-order valence-electron chi connectivity index (χ0n) is 16.4. The molecule has 154 valence electrons. The minimum atomic E-state index is -0.525. The Kier molecular flexibility index (Phi) is 4.60. The third kappa shape index (κ3) is 3.28. The second kappa shape index (κ2) is 7.18. The van der Waals surface area contributed by atoms with Gasteiger partial charge in [0.05, 0.1) is 11.1 Å². The van der Waals surface area contributed by atoms with Crippen molar-refractivity contribution in [3.05, 3.63) is 70.8 Å². The van der Waals surface area contributed by atoms with E-state index in [9.17, 15) is 9.18 Å². The van der Waals surface area contributed by atoms with Crippen molar-refractivity contribution in [3.63, 3.8) is 0 Å². The Hall–Kier alpha value is -2.77. The summed E-state index contributed by atoms with van der Waals surface area (Å²) in [6.07, 6.45) is 0.841. The number of halogens is 2. The van der Waals surface area contributed by atoms with Crippen LogP contribution in [0.5, 0.6) is 0 Å². The molecule has 1 spiro atoms. The Labute approximate surface area is 178 Å². The summed E-state index contributed by atoms with van der Waals surface area (Å²) in [5, 5.41) is 8.44. The number of carbonyl (C=O) groups excluding carboxylic acids is 1. The third-order valence-corrected chi connectivity index (χ3v) is 6.29. The molecule has 1 aromatic heterocycles. The Morgan fingerprint density at radius 3 is 2.67 bits per heavy atom. The summed E-state index contributed by atoms with van der Waals surface area (Å²) in [5.41, 5.74) is 1.30. The van der Waals surface area contributed by atoms with Gasteiger partial charge in [-0.15, -0.1) is 10.2 Å². The summed E-state index contributed by atoms with van der Waals surface area (Å²) in [7, 11) is 2.04. The maximum absolute atomic E-state index is 13.4. The molecule has 0 N–H and O–H groups in total. The lowest BCUT2D eigenvalue weighted by Gasteiger charge is -2.48. The van der Waals surface area contributed by atoms with E-state index >= 15 is 0 Å². The number of benzene rings is 2. The lowest BCUT2D eigenvalue weighted by molar-refractivity contribution is 0.0115. The first-order valence-electron chi connectivity index (χ1n) is 9.78. The van der Waals surface area contributed by atoms with Crippen LogP contribution in [0.25, 0.3) is 11.5 Å². The van der Waals surface area contributed by atoms with Crippen molar-refractivity contribution in [1.82, 2.24) is 20.0 Å². The maximum atomic E-state index is 13.4. The van der Waals surface area contributed by atoms with Gasteiger partial charge < -0.3 is 9.32 Å². The summed E-state index contributed by atoms with van der Waals surface area (Å²) >= 11 is 5.82. The van der Waals surface area contributed by atoms with Gasteiger partial charge in [-0.3, -0.25) is 9.69 Å². The van der Waals surface area contributed by atoms with Gasteiger partial charge in [0, 0.05) is 36.2 Å². The number of nitrogens with zero attached hydrogens (tertiary/aromatic N) is 4. The van der Waals surface area contributed by atoms with Gasteiger partial charge in [0.1, 0.15) is 5.82 Å². The second-order valence-corrected chi connectivity index (χ2v) is 8.64. The number of amides is 1. The summed E-state index contributed by atoms with van der Waals surface area (Å²) in [5.74, 6) is 0.461. The molecule has 2 fully saturated rings. The van der Waals surface area contributed by atoms with Crippen molar-refractivity contribution in [3.8, 4) is 11.5 Å². The predicted octanol–water partition coefficient (Wildman–Crippen LogP) is 4.05. The van der Waals surface area contributed by atoms with E-state index in [-0.39, 0.29) is 22.4 Å². The van der Waals surface area contributed by atoms with Gasteiger partial charge in [-0.2, -0.15) is 0 Å². The fourth-order valence-corrected chi connectivity index (χ4v) is 4.74. The first-order chi connectivity index (χ1) is 14.4. The molecule has 2 aliphatic rings. The average Bonchev–Trinajstić information content (AvgIpc) is 3.34. The molecular formula is C22H20ClFN4O2. The zero-order valence-corrected chi connectivity index (χ0v) is 17.1. The molecule has 1 unspecified atom stereocenters. The smallest absolute Gasteiger partial charge is 0.253 e. The summed E-state index contributed by atoms with van der Waals surface area (Å²) < 4.78 is 19.3. The minimum absolute atomic E-state index is 0.000280. The predicted molar refractivity (Wildman–Crippen MR) is 109 cm³/mol. The first-order valence-corrected chi connectivity index (χ1v) is 10.2. The van der Waals surface area contributed by atoms with E-state index in [0.29, 0.717) is 30.4 Å². The number of rotatable bonds is 3. The number of likely N-dealkylation sites (tertiary alicyclic amines) is 2. The highest BCUT2D eigenvalue weighted by Gasteiger charge is 2.53. The maximum Gasteiger partial charge on any atom is 0.253 e. The van der Waals surface area contributed by atoms with E-state index < -0.39 is 5.82 Å². The largest absolute Gasteiger partial charge is 0.419 e. The monoisotopic (exact) mass is 426 g/mol. The lowest BCUT2D eigenvalue weighted by atomic mass is 9.77. The highest BCUT2D eigenvalue weighted by atomic mass is 35.5. The molecule has 5 rings (SSSR count). The standard InChI is InChI=1S/C22H20ClFN4O2/c1-27-11-22(12-28(13-22)21(29)15-7-8-17(24)16(23)9-15)10-18(27)20-26-25-19(30-20)14-5-3-2-4-6-14/h2-9,18H,10-13H2,1H3. The van der Waals surface area contributed by atoms with Gasteiger partial charge in [0.25, 0.3) is 5.91 Å². The first kappa shape index (κ1) is 19.2. The van der Waals surface area contributed by atoms with Crippen molar-refractivity contribution < 1.29 is 13.6 Å². The highest BCUT2D eigenvalue weighted by molar-refractivity contribution is 6.31. The molecule has 30 heavy (non-hydrogen) atoms. The van der Waals surface area contributed by atoms with Crippen LogP contribution in [0.2, 0.25) is 5.02 Å². The van der Waals surface area contributed by atoms with Gasteiger partial charge in [-0.05, 0) is 43.8 Å². The van der Waals surface area contributed by atoms with Crippen LogP contribution in [-0.4, -0.2) is 52.6 Å². The summed E-state index contributed by atoms with van der Waals surface area (Å²) in [6, 6.07) is 13.8. The van der Waals surface area contributed by atoms with Crippen LogP contribution in [0.4, 0.5) is 4.39 Å². The average molecular weight is 427 g/mol. The minimum Gasteiger partial charge on any atom is -0.419 e. The van der Waals surface area contributed by atoms with Crippen LogP contribution >= 0.6 is 11.6 Å². The molecule has 1 atom stereocenters. The van der Waals surface area contributed by atoms with E-state index in [4.69, 9.17) is 16.0 Å². The van der Waals surface area contributed by atoms with Gasteiger partial charge >= 0.3 is 0 Å². The van der Waals surface area contributed by atoms with Crippen molar-refractivity contribution in [2.75, 3.05) is 26.7 Å². The quantitative estimate of drug-likeness (QED) is 0.632. The number of carbonyl (C=O) groups is 1. The van der Waals surface area contributed by atoms with E-state index in [0.717, 1.165) is 18.5 Å². The van der Waals surface area contributed by atoms with E-state index in [1.807, 2.05) is 37.4 Å². The molecule has 2 aromatic carbocycles. The molecule has 0 aliphatic carbocycles. The molecule has 3 heterocycles. The number of hydrogen-bond donors (Lipinski definition) is 0. The fraction of sp³-hybridized carbons (Fsp3) is 0.318. The molecule has 0 radical (unpaired) electrons. The lowest BCUT2D eigenvalue weighted by Crippen LogP contribution is -2.59. The van der Waals surface area contributed by atoms with Crippen molar-refractivity contribution in [2.45, 2.75) is 12.5 Å². The van der Waals surface area contributed by atoms with Crippen LogP contribution < -0.4 is 0 Å². The molecule has 6 nitrogen and oxygen atoms in total. The molecular weight excluding hydrogens is 407 g/mol. The van der Waals surface area contributed by atoms with Crippen LogP contribution in [0.15, 0.2) is 52.9 Å².